The lowest BCUT2D eigenvalue weighted by Gasteiger charge is -2.37. The van der Waals surface area contributed by atoms with Crippen LogP contribution in [0.4, 0.5) is 0 Å². The van der Waals surface area contributed by atoms with Crippen LogP contribution in [-0.2, 0) is 78.3 Å². The first-order valence-electron chi connectivity index (χ1n) is 34.5. The van der Waals surface area contributed by atoms with Crippen LogP contribution in [0, 0.1) is 17.8 Å². The number of hydrogen-bond acceptors (Lipinski definition) is 18. The van der Waals surface area contributed by atoms with Crippen LogP contribution in [0.1, 0.15) is 176 Å². The van der Waals surface area contributed by atoms with Crippen LogP contribution in [-0.4, -0.2) is 228 Å². The third-order valence-corrected chi connectivity index (χ3v) is 17.7. The largest absolute Gasteiger partial charge is 0.394 e. The van der Waals surface area contributed by atoms with E-state index in [2.05, 4.69) is 63.8 Å². The Balaban J connectivity index is 1.72. The molecule has 2 fully saturated rings. The van der Waals surface area contributed by atoms with Gasteiger partial charge in [-0.2, -0.15) is 0 Å². The zero-order valence-corrected chi connectivity index (χ0v) is 62.5. The maximum atomic E-state index is 14.6. The van der Waals surface area contributed by atoms with Gasteiger partial charge in [0.1, 0.15) is 69.5 Å². The van der Waals surface area contributed by atoms with Crippen LogP contribution >= 0.6 is 0 Å². The highest BCUT2D eigenvalue weighted by atomic mass is 16.3. The maximum absolute atomic E-state index is 14.6. The number of carbonyl (C=O) groups is 15. The average molecular weight is 1440 g/mol. The number of rotatable bonds is 36. The number of aliphatic hydroxyl groups is 3. The van der Waals surface area contributed by atoms with Crippen molar-refractivity contribution < 1.29 is 87.2 Å². The van der Waals surface area contributed by atoms with E-state index in [1.54, 1.807) is 48.5 Å². The number of nitrogens with two attached hydrogens (primary N) is 1. The Bertz CT molecular complexity index is 3250. The van der Waals surface area contributed by atoms with Crippen molar-refractivity contribution in [1.82, 2.24) is 73.6 Å². The van der Waals surface area contributed by atoms with E-state index in [1.165, 1.54) is 83.1 Å². The van der Waals surface area contributed by atoms with E-state index in [9.17, 15) is 87.2 Å². The number of hydrogen-bond donors (Lipinski definition) is 16. The van der Waals surface area contributed by atoms with Crippen molar-refractivity contribution >= 4 is 88.6 Å². The van der Waals surface area contributed by atoms with Crippen LogP contribution in [0.5, 0.6) is 0 Å². The quantitative estimate of drug-likeness (QED) is 0.0320. The molecule has 0 bridgehead atoms. The summed E-state index contributed by atoms with van der Waals surface area (Å²) in [5.74, 6) is -13.2. The van der Waals surface area contributed by atoms with Crippen LogP contribution < -0.4 is 69.5 Å². The molecule has 10 unspecified atom stereocenters. The lowest BCUT2D eigenvalue weighted by Crippen LogP contribution is -2.66. The van der Waals surface area contributed by atoms with Crippen molar-refractivity contribution in [1.29, 1.82) is 0 Å². The molecule has 2 aliphatic rings. The first-order valence-corrected chi connectivity index (χ1v) is 34.5. The highest BCUT2D eigenvalue weighted by molar-refractivity contribution is 6.03. The fourth-order valence-corrected chi connectivity index (χ4v) is 11.3. The fraction of sp³-hybridized carbons (Fsp3) is 0.696. The number of nitrogens with one attached hydrogen (secondary N) is 12. The third kappa shape index (κ3) is 25.0. The number of carbonyl (C=O) groups excluding carboxylic acids is 15. The predicted octanol–water partition coefficient (Wildman–Crippen LogP) is -2.91. The van der Waals surface area contributed by atoms with Gasteiger partial charge in [-0.05, 0) is 125 Å². The van der Waals surface area contributed by atoms with Gasteiger partial charge in [0, 0.05) is 39.3 Å². The number of benzene rings is 1. The summed E-state index contributed by atoms with van der Waals surface area (Å²) < 4.78 is 0. The molecule has 0 saturated carbocycles. The summed E-state index contributed by atoms with van der Waals surface area (Å²) in [5, 5.41) is 63.0. The Morgan fingerprint density at radius 3 is 1.48 bits per heavy atom. The van der Waals surface area contributed by atoms with Crippen molar-refractivity contribution in [3.05, 3.63) is 35.9 Å². The van der Waals surface area contributed by atoms with Crippen molar-refractivity contribution in [2.75, 3.05) is 26.2 Å². The standard InChI is InChI=1S/C69H113N15O18/c1-20-69(19,63(102)84-34-43(88)31-47(84)55(94)78-64(9,10)58(97)73-41(35-85)29-40-24-22-21-23-25-40)80-52(91)44(26-27-48(70)89)75-54(93)46-30-42(87)33-83(46)62(101)68(17,18)82-61(100)66(13,14)77-53(92)45(28-36(2)3)74-49(90)32-71-56(95)50(37(4)5)76-59(98)65(11,12)81-60(99)67(15,16)79-57(96)51(38(6)7)72-39(8)86/h21-25,36-38,41-47,50-51,85,87-88H,20,26-35H2,1-19H3,(H2,70,89)(H,71,95)(H,72,86)(H,73,97)(H,74,90)(H,75,93)(H,76,98)(H,77,92)(H,78,94)(H,79,96)(H,80,91)(H,81,99)(H,82,100). The van der Waals surface area contributed by atoms with Crippen LogP contribution in [0.15, 0.2) is 30.3 Å². The summed E-state index contributed by atoms with van der Waals surface area (Å²) in [6, 6.07) is 0.425. The summed E-state index contributed by atoms with van der Waals surface area (Å²) in [4.78, 5) is 207. The lowest BCUT2D eigenvalue weighted by molar-refractivity contribution is -0.147. The van der Waals surface area contributed by atoms with Crippen molar-refractivity contribution in [2.24, 2.45) is 23.5 Å². The molecule has 2 heterocycles. The van der Waals surface area contributed by atoms with E-state index < -0.39 is 215 Å². The zero-order valence-electron chi connectivity index (χ0n) is 62.5. The second kappa shape index (κ2) is 36.3. The first-order chi connectivity index (χ1) is 46.8. The smallest absolute Gasteiger partial charge is 0.248 e. The van der Waals surface area contributed by atoms with Crippen molar-refractivity contribution in [3.8, 4) is 0 Å². The summed E-state index contributed by atoms with van der Waals surface area (Å²) in [6.07, 6.45) is -3.78. The Hall–Kier alpha value is -8.85. The molecule has 102 heavy (non-hydrogen) atoms. The summed E-state index contributed by atoms with van der Waals surface area (Å²) in [5.41, 5.74) is -4.06. The third-order valence-electron chi connectivity index (χ3n) is 17.7. The van der Waals surface area contributed by atoms with E-state index in [1.807, 2.05) is 30.3 Å². The summed E-state index contributed by atoms with van der Waals surface area (Å²) in [7, 11) is 0. The second-order valence-electron chi connectivity index (χ2n) is 30.6. The normalized spacial score (nSPS) is 18.6. The summed E-state index contributed by atoms with van der Waals surface area (Å²) >= 11 is 0. The molecule has 17 N–H and O–H groups in total. The Kier molecular flexibility index (Phi) is 31.1. The minimum atomic E-state index is -1.89. The molecule has 572 valence electrons. The average Bonchev–Trinajstić information content (AvgIpc) is 1.57. The second-order valence-corrected chi connectivity index (χ2v) is 30.6. The van der Waals surface area contributed by atoms with Gasteiger partial charge in [0.25, 0.3) is 0 Å². The van der Waals surface area contributed by atoms with E-state index in [-0.39, 0.29) is 50.5 Å². The van der Waals surface area contributed by atoms with Gasteiger partial charge in [-0.1, -0.05) is 78.8 Å². The number of likely N-dealkylation sites (tertiary alicyclic amines) is 2. The lowest BCUT2D eigenvalue weighted by atomic mass is 9.94. The van der Waals surface area contributed by atoms with Crippen LogP contribution in [0.3, 0.4) is 0 Å². The number of aliphatic hydroxyl groups excluding tert-OH is 3. The van der Waals surface area contributed by atoms with Crippen LogP contribution in [0.2, 0.25) is 0 Å². The van der Waals surface area contributed by atoms with E-state index in [4.69, 9.17) is 5.73 Å². The Labute approximate surface area is 597 Å². The molecule has 2 aliphatic heterocycles. The molecule has 0 aromatic heterocycles. The van der Waals surface area contributed by atoms with Gasteiger partial charge in [-0.3, -0.25) is 71.9 Å². The number of primary amides is 1. The molecule has 0 aliphatic carbocycles. The highest BCUT2D eigenvalue weighted by Gasteiger charge is 2.50. The van der Waals surface area contributed by atoms with Crippen molar-refractivity contribution in [2.45, 2.75) is 264 Å². The molecular formula is C69H113N15O18. The maximum Gasteiger partial charge on any atom is 0.248 e. The van der Waals surface area contributed by atoms with E-state index in [0.29, 0.717) is 0 Å². The molecule has 3 rings (SSSR count). The molecule has 2 saturated heterocycles. The minimum absolute atomic E-state index is 0.0338. The molecule has 0 radical (unpaired) electrons. The molecule has 33 heteroatoms. The highest BCUT2D eigenvalue weighted by Crippen LogP contribution is 2.27. The SMILES string of the molecule is CCC(C)(NC(=O)C(CCC(N)=O)NC(=O)C1CC(O)CN1C(=O)C(C)(C)NC(=O)C(C)(C)NC(=O)C(CC(C)C)NC(=O)CNC(=O)C(NC(=O)C(C)(C)NC(=O)C(C)(C)NC(=O)C(NC(C)=O)C(C)C)C(C)C)C(=O)N1CC(O)CC1C(=O)NC(C)(C)C(=O)NC(CO)Cc1ccccc1. The van der Waals surface area contributed by atoms with Gasteiger partial charge in [0.15, 0.2) is 0 Å². The van der Waals surface area contributed by atoms with Gasteiger partial charge in [-0.25, -0.2) is 0 Å². The van der Waals surface area contributed by atoms with E-state index in [0.717, 1.165) is 15.4 Å². The molecule has 33 nitrogen and oxygen atoms in total. The molecule has 10 atom stereocenters. The minimum Gasteiger partial charge on any atom is -0.394 e. The molecule has 1 aromatic carbocycles. The monoisotopic (exact) mass is 1440 g/mol. The predicted molar refractivity (Wildman–Crippen MR) is 373 cm³/mol. The molecule has 1 aromatic rings. The fourth-order valence-electron chi connectivity index (χ4n) is 11.3. The number of β-amino-alcohol motifs (C(OH)–C–C–N with tert-alkyl or cyclic N) is 2. The van der Waals surface area contributed by atoms with Gasteiger partial charge in [-0.15, -0.1) is 0 Å². The van der Waals surface area contributed by atoms with Crippen LogP contribution in [0.25, 0.3) is 0 Å². The Morgan fingerprint density at radius 1 is 0.529 bits per heavy atom. The van der Waals surface area contributed by atoms with Crippen molar-refractivity contribution in [3.63, 3.8) is 0 Å². The van der Waals surface area contributed by atoms with Gasteiger partial charge >= 0.3 is 0 Å². The molecule has 15 amide bonds. The topological polar surface area (TPSA) is 494 Å². The van der Waals surface area contributed by atoms with Gasteiger partial charge < -0.3 is 94.7 Å². The zero-order chi connectivity index (χ0) is 78.1. The molecule has 0 spiro atoms. The molecular weight excluding hydrogens is 1330 g/mol. The van der Waals surface area contributed by atoms with Gasteiger partial charge in [0.2, 0.25) is 88.6 Å². The summed E-state index contributed by atoms with van der Waals surface area (Å²) in [6.45, 7) is 26.1. The number of nitrogens with zero attached hydrogens (tertiary/aromatic N) is 2. The Morgan fingerprint density at radius 2 is 0.990 bits per heavy atom. The van der Waals surface area contributed by atoms with E-state index >= 15 is 0 Å². The van der Waals surface area contributed by atoms with Gasteiger partial charge in [0.05, 0.1) is 31.4 Å². The first kappa shape index (κ1) is 87.4. The number of amides is 15.